The fourth-order valence-corrected chi connectivity index (χ4v) is 3.47. The lowest BCUT2D eigenvalue weighted by atomic mass is 9.86. The minimum atomic E-state index is 0.0707. The highest BCUT2D eigenvalue weighted by Crippen LogP contribution is 2.27. The molecule has 2 rings (SSSR count). The van der Waals surface area contributed by atoms with Gasteiger partial charge >= 0.3 is 6.03 Å². The summed E-state index contributed by atoms with van der Waals surface area (Å²) in [7, 11) is 1.95. The van der Waals surface area contributed by atoms with Crippen LogP contribution in [0.5, 0.6) is 0 Å². The molecule has 0 radical (unpaired) electrons. The van der Waals surface area contributed by atoms with Gasteiger partial charge in [-0.1, -0.05) is 63.4 Å². The molecule has 0 bridgehead atoms. The molecule has 0 aliphatic heterocycles. The smallest absolute Gasteiger partial charge is 0.317 e. The van der Waals surface area contributed by atoms with Gasteiger partial charge in [0.05, 0.1) is 6.04 Å². The minimum Gasteiger partial charge on any atom is -0.331 e. The lowest BCUT2D eigenvalue weighted by molar-refractivity contribution is 0.157. The standard InChI is InChI=1S/C19H30N2O/c1-4-9-18(16-11-6-5-7-12-16)20-19(22)21(3)17-13-8-10-15(2)14-17/h5-7,11-12,15,17-18H,4,8-10,13-14H2,1-3H3,(H,20,22). The highest BCUT2D eigenvalue weighted by molar-refractivity contribution is 5.74. The normalized spacial score (nSPS) is 22.9. The first-order valence-electron chi connectivity index (χ1n) is 8.70. The summed E-state index contributed by atoms with van der Waals surface area (Å²) in [6, 6.07) is 10.9. The van der Waals surface area contributed by atoms with E-state index in [-0.39, 0.29) is 12.1 Å². The van der Waals surface area contributed by atoms with Crippen molar-refractivity contribution in [2.45, 2.75) is 64.5 Å². The Kier molecular flexibility index (Phi) is 6.29. The van der Waals surface area contributed by atoms with E-state index >= 15 is 0 Å². The van der Waals surface area contributed by atoms with Crippen molar-refractivity contribution in [3.63, 3.8) is 0 Å². The Morgan fingerprint density at radius 2 is 2.05 bits per heavy atom. The van der Waals surface area contributed by atoms with Gasteiger partial charge in [0.25, 0.3) is 0 Å². The van der Waals surface area contributed by atoms with Gasteiger partial charge in [0.2, 0.25) is 0 Å². The van der Waals surface area contributed by atoms with Gasteiger partial charge in [-0.2, -0.15) is 0 Å². The van der Waals surface area contributed by atoms with Crippen molar-refractivity contribution >= 4 is 6.03 Å². The maximum absolute atomic E-state index is 12.6. The van der Waals surface area contributed by atoms with Gasteiger partial charge in [0.15, 0.2) is 0 Å². The third-order valence-corrected chi connectivity index (χ3v) is 4.85. The van der Waals surface area contributed by atoms with Crippen LogP contribution in [0.25, 0.3) is 0 Å². The molecule has 0 heterocycles. The van der Waals surface area contributed by atoms with Crippen LogP contribution in [0.3, 0.4) is 0 Å². The molecule has 3 heteroatoms. The van der Waals surface area contributed by atoms with E-state index in [9.17, 15) is 4.79 Å². The molecule has 1 fully saturated rings. The van der Waals surface area contributed by atoms with Gasteiger partial charge < -0.3 is 10.2 Å². The fourth-order valence-electron chi connectivity index (χ4n) is 3.47. The number of carbonyl (C=O) groups is 1. The van der Waals surface area contributed by atoms with E-state index in [0.29, 0.717) is 6.04 Å². The summed E-state index contributed by atoms with van der Waals surface area (Å²) < 4.78 is 0. The summed E-state index contributed by atoms with van der Waals surface area (Å²) in [4.78, 5) is 14.6. The molecule has 0 aromatic heterocycles. The molecule has 2 amide bonds. The predicted molar refractivity (Wildman–Crippen MR) is 91.8 cm³/mol. The summed E-state index contributed by atoms with van der Waals surface area (Å²) in [5, 5.41) is 3.23. The highest BCUT2D eigenvalue weighted by Gasteiger charge is 2.26. The van der Waals surface area contributed by atoms with Crippen LogP contribution in [0, 0.1) is 5.92 Å². The minimum absolute atomic E-state index is 0.0707. The number of urea groups is 1. The molecular formula is C19H30N2O. The third-order valence-electron chi connectivity index (χ3n) is 4.85. The number of rotatable bonds is 5. The van der Waals surface area contributed by atoms with Gasteiger partial charge in [-0.3, -0.25) is 0 Å². The molecule has 3 atom stereocenters. The van der Waals surface area contributed by atoms with Gasteiger partial charge in [-0.15, -0.1) is 0 Å². The zero-order chi connectivity index (χ0) is 15.9. The van der Waals surface area contributed by atoms with Crippen LogP contribution in [0.15, 0.2) is 30.3 Å². The van der Waals surface area contributed by atoms with E-state index in [1.54, 1.807) is 0 Å². The van der Waals surface area contributed by atoms with Gasteiger partial charge in [0, 0.05) is 13.1 Å². The van der Waals surface area contributed by atoms with Crippen molar-refractivity contribution in [2.75, 3.05) is 7.05 Å². The Balaban J connectivity index is 1.98. The average Bonchev–Trinajstić information content (AvgIpc) is 2.54. The zero-order valence-corrected chi connectivity index (χ0v) is 14.2. The molecule has 3 nitrogen and oxygen atoms in total. The van der Waals surface area contributed by atoms with E-state index in [1.807, 2.05) is 30.1 Å². The SMILES string of the molecule is CCCC(NC(=O)N(C)C1CCCC(C)C1)c1ccccc1. The molecule has 1 aromatic carbocycles. The molecule has 122 valence electrons. The van der Waals surface area contributed by atoms with Crippen LogP contribution in [0.4, 0.5) is 4.79 Å². The van der Waals surface area contributed by atoms with Crippen molar-refractivity contribution < 1.29 is 4.79 Å². The first-order valence-corrected chi connectivity index (χ1v) is 8.70. The summed E-state index contributed by atoms with van der Waals surface area (Å²) in [5.41, 5.74) is 1.20. The van der Waals surface area contributed by atoms with E-state index in [1.165, 1.54) is 18.4 Å². The van der Waals surface area contributed by atoms with E-state index in [2.05, 4.69) is 31.3 Å². The number of hydrogen-bond donors (Lipinski definition) is 1. The van der Waals surface area contributed by atoms with E-state index in [4.69, 9.17) is 0 Å². The van der Waals surface area contributed by atoms with Crippen LogP contribution >= 0.6 is 0 Å². The molecule has 1 saturated carbocycles. The van der Waals surface area contributed by atoms with Crippen molar-refractivity contribution in [3.8, 4) is 0 Å². The van der Waals surface area contributed by atoms with Crippen molar-refractivity contribution in [3.05, 3.63) is 35.9 Å². The molecule has 0 spiro atoms. The quantitative estimate of drug-likeness (QED) is 0.836. The lowest BCUT2D eigenvalue weighted by Crippen LogP contribution is -2.46. The topological polar surface area (TPSA) is 32.3 Å². The van der Waals surface area contributed by atoms with Gasteiger partial charge in [-0.05, 0) is 30.7 Å². The Morgan fingerprint density at radius 1 is 1.32 bits per heavy atom. The number of benzene rings is 1. The second-order valence-corrected chi connectivity index (χ2v) is 6.74. The second kappa shape index (κ2) is 8.21. The molecule has 1 aliphatic carbocycles. The van der Waals surface area contributed by atoms with Gasteiger partial charge in [-0.25, -0.2) is 4.79 Å². The number of carbonyl (C=O) groups excluding carboxylic acids is 1. The third kappa shape index (κ3) is 4.49. The summed E-state index contributed by atoms with van der Waals surface area (Å²) >= 11 is 0. The van der Waals surface area contributed by atoms with Gasteiger partial charge in [0.1, 0.15) is 0 Å². The monoisotopic (exact) mass is 302 g/mol. The van der Waals surface area contributed by atoms with Crippen molar-refractivity contribution in [2.24, 2.45) is 5.92 Å². The largest absolute Gasteiger partial charge is 0.331 e. The first-order chi connectivity index (χ1) is 10.6. The molecule has 1 aliphatic rings. The predicted octanol–water partition coefficient (Wildman–Crippen LogP) is 4.75. The van der Waals surface area contributed by atoms with E-state index < -0.39 is 0 Å². The number of amides is 2. The Bertz CT molecular complexity index is 460. The maximum Gasteiger partial charge on any atom is 0.317 e. The number of nitrogens with one attached hydrogen (secondary N) is 1. The maximum atomic E-state index is 12.6. The number of hydrogen-bond acceptors (Lipinski definition) is 1. The first kappa shape index (κ1) is 16.9. The fraction of sp³-hybridized carbons (Fsp3) is 0.632. The number of nitrogens with zero attached hydrogens (tertiary/aromatic N) is 1. The van der Waals surface area contributed by atoms with Crippen LogP contribution in [-0.4, -0.2) is 24.0 Å². The van der Waals surface area contributed by atoms with Crippen molar-refractivity contribution in [1.82, 2.24) is 10.2 Å². The Hall–Kier alpha value is -1.51. The van der Waals surface area contributed by atoms with Crippen LogP contribution < -0.4 is 5.32 Å². The molecule has 22 heavy (non-hydrogen) atoms. The lowest BCUT2D eigenvalue weighted by Gasteiger charge is -2.35. The summed E-state index contributed by atoms with van der Waals surface area (Å²) in [5.74, 6) is 0.731. The molecular weight excluding hydrogens is 272 g/mol. The summed E-state index contributed by atoms with van der Waals surface area (Å²) in [6.07, 6.45) is 6.84. The summed E-state index contributed by atoms with van der Waals surface area (Å²) in [6.45, 7) is 4.45. The van der Waals surface area contributed by atoms with E-state index in [0.717, 1.165) is 31.6 Å². The van der Waals surface area contributed by atoms with Crippen molar-refractivity contribution in [1.29, 1.82) is 0 Å². The Labute approximate surface area is 135 Å². The highest BCUT2D eigenvalue weighted by atomic mass is 16.2. The molecule has 0 saturated heterocycles. The van der Waals surface area contributed by atoms with Crippen LogP contribution in [0.1, 0.15) is 64.0 Å². The molecule has 1 aromatic rings. The molecule has 1 N–H and O–H groups in total. The van der Waals surface area contributed by atoms with Crippen LogP contribution in [-0.2, 0) is 0 Å². The molecule has 3 unspecified atom stereocenters. The van der Waals surface area contributed by atoms with Crippen LogP contribution in [0.2, 0.25) is 0 Å². The average molecular weight is 302 g/mol. The second-order valence-electron chi connectivity index (χ2n) is 6.74. The Morgan fingerprint density at radius 3 is 2.68 bits per heavy atom. The zero-order valence-electron chi connectivity index (χ0n) is 14.2.